The standard InChI is InChI=1S/C16H13Cl2FN2O3S/c1-16(22,8-25(23,24)10-4-2-9(19)3-5-10)15-20-13-6-11(17)12(18)7-14(13)21-15/h2-7,22H,8H2,1H3,(H,20,21). The minimum Gasteiger partial charge on any atom is -0.381 e. The van der Waals surface area contributed by atoms with E-state index in [4.69, 9.17) is 23.2 Å². The van der Waals surface area contributed by atoms with Crippen LogP contribution in [0.3, 0.4) is 0 Å². The van der Waals surface area contributed by atoms with Gasteiger partial charge in [0.05, 0.1) is 31.7 Å². The van der Waals surface area contributed by atoms with Crippen molar-refractivity contribution in [3.05, 3.63) is 58.1 Å². The molecule has 3 rings (SSSR count). The molecule has 0 saturated heterocycles. The van der Waals surface area contributed by atoms with E-state index in [0.29, 0.717) is 21.1 Å². The number of imidazole rings is 1. The van der Waals surface area contributed by atoms with E-state index in [1.807, 2.05) is 0 Å². The zero-order valence-corrected chi connectivity index (χ0v) is 15.3. The van der Waals surface area contributed by atoms with Gasteiger partial charge >= 0.3 is 0 Å². The third-order valence-electron chi connectivity index (χ3n) is 3.68. The summed E-state index contributed by atoms with van der Waals surface area (Å²) in [6, 6.07) is 7.46. The van der Waals surface area contributed by atoms with Crippen LogP contribution in [-0.4, -0.2) is 29.2 Å². The number of hydrogen-bond acceptors (Lipinski definition) is 4. The molecule has 1 heterocycles. The average molecular weight is 403 g/mol. The van der Waals surface area contributed by atoms with Crippen LogP contribution in [0.1, 0.15) is 12.7 Å². The van der Waals surface area contributed by atoms with Crippen LogP contribution < -0.4 is 0 Å². The third kappa shape index (κ3) is 3.64. The van der Waals surface area contributed by atoms with Crippen molar-refractivity contribution in [2.45, 2.75) is 17.4 Å². The van der Waals surface area contributed by atoms with E-state index in [0.717, 1.165) is 24.3 Å². The van der Waals surface area contributed by atoms with E-state index in [9.17, 15) is 17.9 Å². The van der Waals surface area contributed by atoms with Crippen LogP contribution in [0.4, 0.5) is 4.39 Å². The highest BCUT2D eigenvalue weighted by molar-refractivity contribution is 7.91. The molecule has 9 heteroatoms. The van der Waals surface area contributed by atoms with Gasteiger partial charge in [-0.3, -0.25) is 0 Å². The third-order valence-corrected chi connectivity index (χ3v) is 6.33. The van der Waals surface area contributed by atoms with Crippen LogP contribution >= 0.6 is 23.2 Å². The summed E-state index contributed by atoms with van der Waals surface area (Å²) in [5.74, 6) is -1.12. The predicted molar refractivity (Wildman–Crippen MR) is 94.1 cm³/mol. The zero-order valence-electron chi connectivity index (χ0n) is 12.9. The van der Waals surface area contributed by atoms with E-state index < -0.39 is 27.0 Å². The maximum atomic E-state index is 13.0. The van der Waals surface area contributed by atoms with Crippen molar-refractivity contribution in [3.8, 4) is 0 Å². The number of H-pyrrole nitrogens is 1. The number of nitrogens with zero attached hydrogens (tertiary/aromatic N) is 1. The fourth-order valence-corrected chi connectivity index (χ4v) is 4.34. The van der Waals surface area contributed by atoms with Crippen molar-refractivity contribution >= 4 is 44.1 Å². The Morgan fingerprint density at radius 3 is 2.44 bits per heavy atom. The van der Waals surface area contributed by atoms with Crippen LogP contribution in [0, 0.1) is 5.82 Å². The largest absolute Gasteiger partial charge is 0.381 e. The molecule has 132 valence electrons. The van der Waals surface area contributed by atoms with Crippen molar-refractivity contribution in [2.75, 3.05) is 5.75 Å². The number of hydrogen-bond donors (Lipinski definition) is 2. The van der Waals surface area contributed by atoms with Gasteiger partial charge in [-0.15, -0.1) is 0 Å². The molecule has 0 saturated carbocycles. The van der Waals surface area contributed by atoms with Gasteiger partial charge in [-0.25, -0.2) is 17.8 Å². The summed E-state index contributed by atoms with van der Waals surface area (Å²) < 4.78 is 38.0. The molecule has 0 aliphatic carbocycles. The molecule has 1 unspecified atom stereocenters. The Morgan fingerprint density at radius 1 is 1.20 bits per heavy atom. The Labute approximate surface area is 153 Å². The molecule has 0 fully saturated rings. The van der Waals surface area contributed by atoms with Gasteiger partial charge in [0.15, 0.2) is 9.84 Å². The lowest BCUT2D eigenvalue weighted by atomic mass is 10.1. The summed E-state index contributed by atoms with van der Waals surface area (Å²) in [7, 11) is -3.87. The van der Waals surface area contributed by atoms with E-state index in [2.05, 4.69) is 9.97 Å². The molecule has 0 aliphatic heterocycles. The summed E-state index contributed by atoms with van der Waals surface area (Å²) in [6.45, 7) is 1.33. The number of sulfone groups is 1. The number of nitrogens with one attached hydrogen (secondary N) is 1. The first-order chi connectivity index (χ1) is 11.6. The van der Waals surface area contributed by atoms with Crippen molar-refractivity contribution in [1.82, 2.24) is 9.97 Å². The molecule has 3 aromatic rings. The van der Waals surface area contributed by atoms with E-state index in [-0.39, 0.29) is 10.7 Å². The van der Waals surface area contributed by atoms with Gasteiger partial charge in [-0.1, -0.05) is 23.2 Å². The molecule has 0 spiro atoms. The smallest absolute Gasteiger partial charge is 0.181 e. The fourth-order valence-electron chi connectivity index (χ4n) is 2.42. The molecule has 0 radical (unpaired) electrons. The molecule has 2 aromatic carbocycles. The minimum atomic E-state index is -3.87. The van der Waals surface area contributed by atoms with Crippen LogP contribution in [-0.2, 0) is 15.4 Å². The number of aliphatic hydroxyl groups is 1. The first-order valence-electron chi connectivity index (χ1n) is 7.14. The topological polar surface area (TPSA) is 83.0 Å². The summed E-state index contributed by atoms with van der Waals surface area (Å²) >= 11 is 11.9. The second-order valence-corrected chi connectivity index (χ2v) is 8.66. The van der Waals surface area contributed by atoms with Gasteiger partial charge < -0.3 is 10.1 Å². The first-order valence-corrected chi connectivity index (χ1v) is 9.55. The molecule has 0 aliphatic rings. The van der Waals surface area contributed by atoms with Crippen molar-refractivity contribution in [3.63, 3.8) is 0 Å². The van der Waals surface area contributed by atoms with E-state index >= 15 is 0 Å². The fraction of sp³-hybridized carbons (Fsp3) is 0.188. The Morgan fingerprint density at radius 2 is 1.80 bits per heavy atom. The van der Waals surface area contributed by atoms with E-state index in [1.165, 1.54) is 13.0 Å². The van der Waals surface area contributed by atoms with Crippen LogP contribution in [0.2, 0.25) is 10.0 Å². The predicted octanol–water partition coefficient (Wildman–Crippen LogP) is 3.69. The average Bonchev–Trinajstić information content (AvgIpc) is 2.91. The SMILES string of the molecule is CC(O)(CS(=O)(=O)c1ccc(F)cc1)c1nc2cc(Cl)c(Cl)cc2[nH]1. The lowest BCUT2D eigenvalue weighted by Crippen LogP contribution is -2.32. The maximum absolute atomic E-state index is 13.0. The Bertz CT molecular complexity index is 1010. The quantitative estimate of drug-likeness (QED) is 0.651. The minimum absolute atomic E-state index is 0.0616. The monoisotopic (exact) mass is 402 g/mol. The second kappa shape index (κ2) is 6.25. The zero-order chi connectivity index (χ0) is 18.4. The van der Waals surface area contributed by atoms with Gasteiger partial charge in [0, 0.05) is 0 Å². The summed E-state index contributed by atoms with van der Waals surface area (Å²) in [5, 5.41) is 11.3. The van der Waals surface area contributed by atoms with E-state index in [1.54, 1.807) is 6.07 Å². The maximum Gasteiger partial charge on any atom is 0.181 e. The molecule has 1 atom stereocenters. The molecular weight excluding hydrogens is 390 g/mol. The molecule has 0 amide bonds. The molecule has 1 aromatic heterocycles. The highest BCUT2D eigenvalue weighted by Crippen LogP contribution is 2.30. The van der Waals surface area contributed by atoms with Crippen molar-refractivity contribution in [1.29, 1.82) is 0 Å². The van der Waals surface area contributed by atoms with Crippen molar-refractivity contribution in [2.24, 2.45) is 0 Å². The molecule has 25 heavy (non-hydrogen) atoms. The van der Waals surface area contributed by atoms with Gasteiger partial charge in [0.1, 0.15) is 17.2 Å². The summed E-state index contributed by atoms with van der Waals surface area (Å²) in [5.41, 5.74) is -0.835. The van der Waals surface area contributed by atoms with Crippen molar-refractivity contribution < 1.29 is 17.9 Å². The number of rotatable bonds is 4. The number of fused-ring (bicyclic) bond motifs is 1. The number of aromatic nitrogens is 2. The molecule has 5 nitrogen and oxygen atoms in total. The van der Waals surface area contributed by atoms with Gasteiger partial charge in [-0.2, -0.15) is 0 Å². The molecular formula is C16H13Cl2FN2O3S. The Kier molecular flexibility index (Phi) is 4.53. The summed E-state index contributed by atoms with van der Waals surface area (Å²) in [6.07, 6.45) is 0. The highest BCUT2D eigenvalue weighted by Gasteiger charge is 2.34. The number of halogens is 3. The number of aromatic amines is 1. The Balaban J connectivity index is 1.97. The highest BCUT2D eigenvalue weighted by atomic mass is 35.5. The van der Waals surface area contributed by atoms with Crippen LogP contribution in [0.5, 0.6) is 0 Å². The van der Waals surface area contributed by atoms with Gasteiger partial charge in [0.25, 0.3) is 0 Å². The Hall–Kier alpha value is -1.67. The second-order valence-electron chi connectivity index (χ2n) is 5.86. The van der Waals surface area contributed by atoms with Crippen LogP contribution in [0.15, 0.2) is 41.3 Å². The summed E-state index contributed by atoms with van der Waals surface area (Å²) in [4.78, 5) is 6.98. The lowest BCUT2D eigenvalue weighted by molar-refractivity contribution is 0.0734. The first kappa shape index (κ1) is 18.1. The molecule has 2 N–H and O–H groups in total. The number of benzene rings is 2. The van der Waals surface area contributed by atoms with Gasteiger partial charge in [-0.05, 0) is 43.3 Å². The molecule has 0 bridgehead atoms. The van der Waals surface area contributed by atoms with Gasteiger partial charge in [0.2, 0.25) is 0 Å². The lowest BCUT2D eigenvalue weighted by Gasteiger charge is -2.20. The normalized spacial score (nSPS) is 14.6. The van der Waals surface area contributed by atoms with Crippen LogP contribution in [0.25, 0.3) is 11.0 Å².